The van der Waals surface area contributed by atoms with E-state index in [2.05, 4.69) is 5.10 Å². The normalized spacial score (nSPS) is 10.9. The molecule has 0 spiro atoms. The summed E-state index contributed by atoms with van der Waals surface area (Å²) in [7, 11) is 1.64. The minimum absolute atomic E-state index is 0.0677. The lowest BCUT2D eigenvalue weighted by atomic mass is 10.1. The molecule has 2 aromatic carbocycles. The molecule has 142 valence electrons. The highest BCUT2D eigenvalue weighted by atomic mass is 32.1. The van der Waals surface area contributed by atoms with Crippen molar-refractivity contribution in [3.63, 3.8) is 0 Å². The summed E-state index contributed by atoms with van der Waals surface area (Å²) in [5.41, 5.74) is 2.55. The Morgan fingerprint density at radius 1 is 1.21 bits per heavy atom. The van der Waals surface area contributed by atoms with Crippen LogP contribution < -0.4 is 9.64 Å². The summed E-state index contributed by atoms with van der Waals surface area (Å²) in [5, 5.41) is 4.91. The van der Waals surface area contributed by atoms with Gasteiger partial charge in [-0.1, -0.05) is 29.0 Å². The lowest BCUT2D eigenvalue weighted by Gasteiger charge is -2.20. The van der Waals surface area contributed by atoms with Gasteiger partial charge in [0.1, 0.15) is 5.75 Å². The van der Waals surface area contributed by atoms with Crippen LogP contribution in [0.4, 0.5) is 5.13 Å². The van der Waals surface area contributed by atoms with E-state index in [0.29, 0.717) is 23.8 Å². The van der Waals surface area contributed by atoms with E-state index in [-0.39, 0.29) is 5.91 Å². The van der Waals surface area contributed by atoms with Gasteiger partial charge in [0.25, 0.3) is 5.91 Å². The zero-order chi connectivity index (χ0) is 19.5. The van der Waals surface area contributed by atoms with Gasteiger partial charge < -0.3 is 4.74 Å². The van der Waals surface area contributed by atoms with E-state index in [1.165, 1.54) is 11.3 Å². The van der Waals surface area contributed by atoms with Gasteiger partial charge in [-0.3, -0.25) is 14.4 Å². The Balaban J connectivity index is 1.70. The standard InChI is InChI=1S/C21H20N4O2S/c1-15-5-3-6-16(13-15)20(26)25(12-11-24-10-4-9-22-24)21-23-18-8-7-17(27-2)14-19(18)28-21/h3-10,13-14H,11-12H2,1-2H3. The topological polar surface area (TPSA) is 60.2 Å². The van der Waals surface area contributed by atoms with Gasteiger partial charge in [-0.2, -0.15) is 5.10 Å². The minimum atomic E-state index is -0.0677. The number of hydrogen-bond acceptors (Lipinski definition) is 5. The number of rotatable bonds is 6. The van der Waals surface area contributed by atoms with E-state index in [0.717, 1.165) is 21.5 Å². The zero-order valence-electron chi connectivity index (χ0n) is 15.7. The van der Waals surface area contributed by atoms with Crippen LogP contribution in [0.5, 0.6) is 5.75 Å². The molecule has 2 aromatic heterocycles. The lowest BCUT2D eigenvalue weighted by Crippen LogP contribution is -2.34. The third-order valence-corrected chi connectivity index (χ3v) is 5.48. The molecule has 2 heterocycles. The molecular formula is C21H20N4O2S. The largest absolute Gasteiger partial charge is 0.497 e. The number of carbonyl (C=O) groups excluding carboxylic acids is 1. The molecule has 6 nitrogen and oxygen atoms in total. The molecule has 4 aromatic rings. The highest BCUT2D eigenvalue weighted by molar-refractivity contribution is 7.22. The van der Waals surface area contributed by atoms with Gasteiger partial charge in [0, 0.05) is 24.5 Å². The molecule has 4 rings (SSSR count). The second-order valence-corrected chi connectivity index (χ2v) is 7.43. The molecular weight excluding hydrogens is 372 g/mol. The van der Waals surface area contributed by atoms with Crippen LogP contribution in [0.2, 0.25) is 0 Å². The zero-order valence-corrected chi connectivity index (χ0v) is 16.5. The number of aryl methyl sites for hydroxylation is 1. The lowest BCUT2D eigenvalue weighted by molar-refractivity contribution is 0.0985. The van der Waals surface area contributed by atoms with Crippen molar-refractivity contribution >= 4 is 32.6 Å². The molecule has 0 atom stereocenters. The molecule has 0 aliphatic heterocycles. The molecule has 0 aliphatic rings. The summed E-state index contributed by atoms with van der Waals surface area (Å²) >= 11 is 1.48. The van der Waals surface area contributed by atoms with Crippen molar-refractivity contribution in [2.24, 2.45) is 0 Å². The third kappa shape index (κ3) is 3.75. The minimum Gasteiger partial charge on any atom is -0.497 e. The second kappa shape index (κ2) is 7.82. The summed E-state index contributed by atoms with van der Waals surface area (Å²) in [6.45, 7) is 3.05. The Kier molecular flexibility index (Phi) is 5.08. The molecule has 0 bridgehead atoms. The van der Waals surface area contributed by atoms with Crippen LogP contribution >= 0.6 is 11.3 Å². The van der Waals surface area contributed by atoms with Crippen molar-refractivity contribution in [1.29, 1.82) is 0 Å². The summed E-state index contributed by atoms with van der Waals surface area (Å²) in [4.78, 5) is 19.7. The Labute approximate surface area is 167 Å². The van der Waals surface area contributed by atoms with Crippen molar-refractivity contribution in [1.82, 2.24) is 14.8 Å². The molecule has 28 heavy (non-hydrogen) atoms. The van der Waals surface area contributed by atoms with Gasteiger partial charge in [0.2, 0.25) is 0 Å². The maximum Gasteiger partial charge on any atom is 0.260 e. The second-order valence-electron chi connectivity index (χ2n) is 6.43. The SMILES string of the molecule is COc1ccc2nc(N(CCn3cccn3)C(=O)c3cccc(C)c3)sc2c1. The van der Waals surface area contributed by atoms with Crippen LogP contribution in [0.3, 0.4) is 0 Å². The average Bonchev–Trinajstić information content (AvgIpc) is 3.37. The summed E-state index contributed by atoms with van der Waals surface area (Å²) in [6, 6.07) is 15.2. The smallest absolute Gasteiger partial charge is 0.260 e. The van der Waals surface area contributed by atoms with Crippen LogP contribution in [0, 0.1) is 6.92 Å². The maximum atomic E-state index is 13.3. The van der Waals surface area contributed by atoms with E-state index in [4.69, 9.17) is 9.72 Å². The first-order valence-electron chi connectivity index (χ1n) is 8.94. The number of ether oxygens (including phenoxy) is 1. The number of hydrogen-bond donors (Lipinski definition) is 0. The van der Waals surface area contributed by atoms with Gasteiger partial charge in [-0.15, -0.1) is 0 Å². The quantitative estimate of drug-likeness (QED) is 0.494. The summed E-state index contributed by atoms with van der Waals surface area (Å²) < 4.78 is 8.10. The van der Waals surface area contributed by atoms with Crippen LogP contribution in [-0.4, -0.2) is 34.3 Å². The first-order valence-corrected chi connectivity index (χ1v) is 9.76. The van der Waals surface area contributed by atoms with Crippen molar-refractivity contribution in [2.75, 3.05) is 18.6 Å². The fourth-order valence-corrected chi connectivity index (χ4v) is 4.01. The third-order valence-electron chi connectivity index (χ3n) is 4.44. The first-order chi connectivity index (χ1) is 13.6. The average molecular weight is 392 g/mol. The van der Waals surface area contributed by atoms with Crippen LogP contribution in [0.1, 0.15) is 15.9 Å². The maximum absolute atomic E-state index is 13.3. The predicted molar refractivity (Wildman–Crippen MR) is 111 cm³/mol. The molecule has 0 fully saturated rings. The van der Waals surface area contributed by atoms with Crippen molar-refractivity contribution < 1.29 is 9.53 Å². The number of fused-ring (bicyclic) bond motifs is 1. The van der Waals surface area contributed by atoms with Gasteiger partial charge in [0.05, 0.1) is 23.9 Å². The number of amides is 1. The molecule has 0 aliphatic carbocycles. The Hall–Kier alpha value is -3.19. The molecule has 1 amide bonds. The van der Waals surface area contributed by atoms with Crippen molar-refractivity contribution in [2.45, 2.75) is 13.5 Å². The van der Waals surface area contributed by atoms with Gasteiger partial charge in [-0.25, -0.2) is 4.98 Å². The molecule has 0 radical (unpaired) electrons. The molecule has 0 N–H and O–H groups in total. The number of carbonyl (C=O) groups is 1. The highest BCUT2D eigenvalue weighted by Gasteiger charge is 2.21. The van der Waals surface area contributed by atoms with Crippen molar-refractivity contribution in [3.8, 4) is 5.75 Å². The van der Waals surface area contributed by atoms with Crippen LogP contribution in [-0.2, 0) is 6.54 Å². The number of anilines is 1. The summed E-state index contributed by atoms with van der Waals surface area (Å²) in [6.07, 6.45) is 3.62. The molecule has 0 saturated heterocycles. The van der Waals surface area contributed by atoms with Crippen molar-refractivity contribution in [3.05, 3.63) is 72.1 Å². The Morgan fingerprint density at radius 2 is 2.11 bits per heavy atom. The Bertz CT molecular complexity index is 1100. The number of methoxy groups -OCH3 is 1. The number of benzene rings is 2. The van der Waals surface area contributed by atoms with Crippen LogP contribution in [0.15, 0.2) is 60.9 Å². The van der Waals surface area contributed by atoms with Gasteiger partial charge in [-0.05, 0) is 43.3 Å². The molecule has 7 heteroatoms. The van der Waals surface area contributed by atoms with Gasteiger partial charge in [0.15, 0.2) is 5.13 Å². The fraction of sp³-hybridized carbons (Fsp3) is 0.190. The van der Waals surface area contributed by atoms with E-state index in [1.807, 2.05) is 66.3 Å². The molecule has 0 unspecified atom stereocenters. The van der Waals surface area contributed by atoms with E-state index >= 15 is 0 Å². The van der Waals surface area contributed by atoms with E-state index in [1.54, 1.807) is 18.2 Å². The van der Waals surface area contributed by atoms with E-state index in [9.17, 15) is 4.79 Å². The number of aromatic nitrogens is 3. The summed E-state index contributed by atoms with van der Waals surface area (Å²) in [5.74, 6) is 0.706. The Morgan fingerprint density at radius 3 is 2.86 bits per heavy atom. The first kappa shape index (κ1) is 18.2. The van der Waals surface area contributed by atoms with Crippen LogP contribution in [0.25, 0.3) is 10.2 Å². The number of thiazole rings is 1. The number of nitrogens with zero attached hydrogens (tertiary/aromatic N) is 4. The fourth-order valence-electron chi connectivity index (χ4n) is 2.99. The highest BCUT2D eigenvalue weighted by Crippen LogP contribution is 2.32. The van der Waals surface area contributed by atoms with Gasteiger partial charge >= 0.3 is 0 Å². The molecule has 0 saturated carbocycles. The predicted octanol–water partition coefficient (Wildman–Crippen LogP) is 4.16. The van der Waals surface area contributed by atoms with E-state index < -0.39 is 0 Å². The monoisotopic (exact) mass is 392 g/mol.